The van der Waals surface area contributed by atoms with Crippen molar-refractivity contribution in [3.63, 3.8) is 0 Å². The highest BCUT2D eigenvalue weighted by Gasteiger charge is 2.51. The van der Waals surface area contributed by atoms with E-state index in [1.54, 1.807) is 24.0 Å². The third-order valence-electron chi connectivity index (χ3n) is 8.83. The monoisotopic (exact) mass is 616 g/mol. The number of alkyl halides is 2. The Balaban J connectivity index is 1.57. The highest BCUT2D eigenvalue weighted by atomic mass is 28.4. The molecule has 2 unspecified atom stereocenters. The lowest BCUT2D eigenvalue weighted by Gasteiger charge is -2.46. The zero-order valence-corrected chi connectivity index (χ0v) is 26.3. The SMILES string of the molecule is CC(C(N)=O)(c1ccc(Oc2ccc(F)cc2CO[Si](C)(C)C(C)(C)C)cn1)N1CCC(F)(F)C(c2ccc(=O)[nH]c2)C1. The van der Waals surface area contributed by atoms with Gasteiger partial charge in [0.2, 0.25) is 11.5 Å². The lowest BCUT2D eigenvalue weighted by atomic mass is 9.83. The fourth-order valence-corrected chi connectivity index (χ4v) is 5.78. The van der Waals surface area contributed by atoms with E-state index in [1.165, 1.54) is 42.7 Å². The van der Waals surface area contributed by atoms with Crippen LogP contribution < -0.4 is 16.0 Å². The predicted octanol–water partition coefficient (Wildman–Crippen LogP) is 6.05. The number of H-pyrrole nitrogens is 1. The van der Waals surface area contributed by atoms with E-state index in [4.69, 9.17) is 14.9 Å². The number of hydrogen-bond donors (Lipinski definition) is 2. The number of aromatic nitrogens is 2. The van der Waals surface area contributed by atoms with E-state index in [9.17, 15) is 14.0 Å². The van der Waals surface area contributed by atoms with E-state index in [0.29, 0.717) is 17.1 Å². The number of primary amides is 1. The number of halogens is 3. The van der Waals surface area contributed by atoms with E-state index in [1.807, 2.05) is 0 Å². The van der Waals surface area contributed by atoms with Crippen molar-refractivity contribution in [2.45, 2.75) is 76.2 Å². The lowest BCUT2D eigenvalue weighted by molar-refractivity contribution is -0.139. The standard InChI is InChI=1S/C31H39F3N4O4Si/c1-29(2,3)43(5,6)41-19-21-15-22(32)8-10-25(21)42-23-9-11-26(36-17-23)30(4,28(35)40)38-14-13-31(33,34)24(18-38)20-7-12-27(39)37-16-20/h7-12,15-17,24H,13-14,18-19H2,1-6H3,(H2,35,40)(H,37,39). The van der Waals surface area contributed by atoms with Gasteiger partial charge in [-0.3, -0.25) is 19.5 Å². The molecule has 1 fully saturated rings. The molecule has 2 atom stereocenters. The number of likely N-dealkylation sites (tertiary alicyclic amines) is 1. The maximum absolute atomic E-state index is 15.0. The van der Waals surface area contributed by atoms with Crippen LogP contribution >= 0.6 is 0 Å². The molecule has 4 rings (SSSR count). The number of nitrogens with zero attached hydrogens (tertiary/aromatic N) is 2. The van der Waals surface area contributed by atoms with Crippen LogP contribution in [0.25, 0.3) is 0 Å². The van der Waals surface area contributed by atoms with E-state index in [-0.39, 0.29) is 36.0 Å². The van der Waals surface area contributed by atoms with Crippen molar-refractivity contribution in [3.8, 4) is 11.5 Å². The minimum absolute atomic E-state index is 0.0293. The predicted molar refractivity (Wildman–Crippen MR) is 160 cm³/mol. The summed E-state index contributed by atoms with van der Waals surface area (Å²) in [6, 6.07) is 9.92. The van der Waals surface area contributed by atoms with E-state index in [0.717, 1.165) is 0 Å². The van der Waals surface area contributed by atoms with Gasteiger partial charge in [-0.15, -0.1) is 0 Å². The van der Waals surface area contributed by atoms with Crippen molar-refractivity contribution in [2.75, 3.05) is 13.1 Å². The molecular weight excluding hydrogens is 577 g/mol. The van der Waals surface area contributed by atoms with Crippen LogP contribution in [0, 0.1) is 5.82 Å². The molecule has 1 aliphatic rings. The second-order valence-electron chi connectivity index (χ2n) is 12.7. The molecule has 0 saturated carbocycles. The van der Waals surface area contributed by atoms with Crippen molar-refractivity contribution in [1.82, 2.24) is 14.9 Å². The van der Waals surface area contributed by atoms with Crippen LogP contribution in [-0.2, 0) is 21.4 Å². The van der Waals surface area contributed by atoms with Gasteiger partial charge in [0.05, 0.1) is 24.4 Å². The highest BCUT2D eigenvalue weighted by Crippen LogP contribution is 2.44. The van der Waals surface area contributed by atoms with Crippen LogP contribution in [-0.4, -0.2) is 48.1 Å². The molecule has 2 aromatic heterocycles. The maximum Gasteiger partial charge on any atom is 0.257 e. The lowest BCUT2D eigenvalue weighted by Crippen LogP contribution is -2.59. The third-order valence-corrected chi connectivity index (χ3v) is 13.3. The maximum atomic E-state index is 15.0. The van der Waals surface area contributed by atoms with Crippen LogP contribution in [0.3, 0.4) is 0 Å². The number of carbonyl (C=O) groups is 1. The van der Waals surface area contributed by atoms with E-state index >= 15 is 8.78 Å². The normalized spacial score (nSPS) is 19.0. The Morgan fingerprint density at radius 1 is 1.16 bits per heavy atom. The Labute approximate surface area is 250 Å². The van der Waals surface area contributed by atoms with Crippen LogP contribution in [0.1, 0.15) is 56.9 Å². The van der Waals surface area contributed by atoms with Gasteiger partial charge < -0.3 is 19.9 Å². The number of hydrogen-bond acceptors (Lipinski definition) is 6. The van der Waals surface area contributed by atoms with Gasteiger partial charge in [0.15, 0.2) is 8.32 Å². The van der Waals surface area contributed by atoms with Gasteiger partial charge in [0.25, 0.3) is 5.92 Å². The smallest absolute Gasteiger partial charge is 0.257 e. The van der Waals surface area contributed by atoms with Crippen molar-refractivity contribution >= 4 is 14.2 Å². The largest absolute Gasteiger partial charge is 0.455 e. The zero-order chi connectivity index (χ0) is 31.8. The molecule has 0 spiro atoms. The Morgan fingerprint density at radius 2 is 1.88 bits per heavy atom. The summed E-state index contributed by atoms with van der Waals surface area (Å²) < 4.78 is 56.5. The number of ether oxygens (including phenoxy) is 1. The topological polar surface area (TPSA) is 111 Å². The molecule has 0 bridgehead atoms. The van der Waals surface area contributed by atoms with E-state index in [2.05, 4.69) is 43.8 Å². The van der Waals surface area contributed by atoms with Gasteiger partial charge in [-0.25, -0.2) is 13.2 Å². The molecular formula is C31H39F3N4O4Si. The third kappa shape index (κ3) is 6.86. The Kier molecular flexibility index (Phi) is 8.97. The number of carbonyl (C=O) groups excluding carboxylic acids is 1. The second-order valence-corrected chi connectivity index (χ2v) is 17.5. The molecule has 0 radical (unpaired) electrons. The number of piperidine rings is 1. The quantitative estimate of drug-likeness (QED) is 0.283. The highest BCUT2D eigenvalue weighted by molar-refractivity contribution is 6.74. The molecule has 1 aromatic carbocycles. The minimum atomic E-state index is -3.06. The first kappa shape index (κ1) is 32.4. The van der Waals surface area contributed by atoms with Crippen LogP contribution in [0.5, 0.6) is 11.5 Å². The molecule has 12 heteroatoms. The summed E-state index contributed by atoms with van der Waals surface area (Å²) in [4.78, 5) is 32.9. The van der Waals surface area contributed by atoms with Gasteiger partial charge in [-0.05, 0) is 61.0 Å². The van der Waals surface area contributed by atoms with Crippen molar-refractivity contribution < 1.29 is 27.1 Å². The summed E-state index contributed by atoms with van der Waals surface area (Å²) in [5.41, 5.74) is 5.02. The molecule has 1 saturated heterocycles. The summed E-state index contributed by atoms with van der Waals surface area (Å²) in [6.45, 7) is 12.0. The van der Waals surface area contributed by atoms with Crippen molar-refractivity contribution in [3.05, 3.63) is 87.9 Å². The number of aromatic amines is 1. The summed E-state index contributed by atoms with van der Waals surface area (Å²) in [7, 11) is -2.12. The fourth-order valence-electron chi connectivity index (χ4n) is 4.83. The second kappa shape index (κ2) is 11.9. The van der Waals surface area contributed by atoms with Crippen LogP contribution in [0.2, 0.25) is 18.1 Å². The first-order valence-electron chi connectivity index (χ1n) is 14.1. The Hall–Kier alpha value is -3.48. The molecule has 3 aromatic rings. The Bertz CT molecular complexity index is 1500. The zero-order valence-electron chi connectivity index (χ0n) is 25.3. The molecule has 3 N–H and O–H groups in total. The minimum Gasteiger partial charge on any atom is -0.455 e. The average Bonchev–Trinajstić information content (AvgIpc) is 2.93. The van der Waals surface area contributed by atoms with E-state index < -0.39 is 49.4 Å². The number of benzene rings is 1. The summed E-state index contributed by atoms with van der Waals surface area (Å²) in [6.07, 6.45) is 2.18. The molecule has 232 valence electrons. The fraction of sp³-hybridized carbons (Fsp3) is 0.452. The summed E-state index contributed by atoms with van der Waals surface area (Å²) in [5.74, 6) is -4.77. The number of rotatable bonds is 9. The van der Waals surface area contributed by atoms with Gasteiger partial charge in [0.1, 0.15) is 22.9 Å². The number of nitrogens with one attached hydrogen (secondary N) is 1. The first-order chi connectivity index (χ1) is 19.9. The first-order valence-corrected chi connectivity index (χ1v) is 17.0. The van der Waals surface area contributed by atoms with Gasteiger partial charge in [-0.2, -0.15) is 0 Å². The number of nitrogens with two attached hydrogens (primary N) is 1. The van der Waals surface area contributed by atoms with Crippen molar-refractivity contribution in [1.29, 1.82) is 0 Å². The van der Waals surface area contributed by atoms with Gasteiger partial charge in [-0.1, -0.05) is 26.8 Å². The summed E-state index contributed by atoms with van der Waals surface area (Å²) >= 11 is 0. The van der Waals surface area contributed by atoms with Crippen LogP contribution in [0.15, 0.2) is 59.7 Å². The molecule has 0 aliphatic carbocycles. The molecule has 1 amide bonds. The molecule has 43 heavy (non-hydrogen) atoms. The number of pyridine rings is 2. The van der Waals surface area contributed by atoms with Crippen LogP contribution in [0.4, 0.5) is 13.2 Å². The van der Waals surface area contributed by atoms with Gasteiger partial charge in [0, 0.05) is 37.3 Å². The summed E-state index contributed by atoms with van der Waals surface area (Å²) in [5, 5.41) is -0.0293. The van der Waals surface area contributed by atoms with Gasteiger partial charge >= 0.3 is 0 Å². The molecule has 3 heterocycles. The molecule has 8 nitrogen and oxygen atoms in total. The average molecular weight is 617 g/mol. The Morgan fingerprint density at radius 3 is 2.47 bits per heavy atom. The molecule has 1 aliphatic heterocycles. The number of amides is 1. The van der Waals surface area contributed by atoms with Crippen molar-refractivity contribution in [2.24, 2.45) is 5.73 Å².